The Morgan fingerprint density at radius 1 is 1.28 bits per heavy atom. The average Bonchev–Trinajstić information content (AvgIpc) is 2.46. The summed E-state index contributed by atoms with van der Waals surface area (Å²) in [7, 11) is 0. The van der Waals surface area contributed by atoms with Crippen LogP contribution in [0.2, 0.25) is 0 Å². The molecule has 1 aliphatic heterocycles. The minimum absolute atomic E-state index is 0.487. The van der Waals surface area contributed by atoms with Gasteiger partial charge in [-0.2, -0.15) is 0 Å². The average molecular weight is 267 g/mol. The van der Waals surface area contributed by atoms with E-state index in [4.69, 9.17) is 11.6 Å². The predicted octanol–water partition coefficient (Wildman–Crippen LogP) is 2.82. The zero-order valence-corrected chi connectivity index (χ0v) is 11.9. The van der Waals surface area contributed by atoms with Gasteiger partial charge in [-0.05, 0) is 24.0 Å². The highest BCUT2D eigenvalue weighted by molar-refractivity contribution is 6.17. The minimum Gasteiger partial charge on any atom is -0.314 e. The van der Waals surface area contributed by atoms with Gasteiger partial charge in [0.15, 0.2) is 0 Å². The second kappa shape index (κ2) is 7.13. The molecule has 100 valence electrons. The van der Waals surface area contributed by atoms with E-state index in [1.54, 1.807) is 0 Å². The Balaban J connectivity index is 2.22. The third-order valence-electron chi connectivity index (χ3n) is 3.77. The molecule has 0 aromatic heterocycles. The highest BCUT2D eigenvalue weighted by Gasteiger charge is 2.22. The Morgan fingerprint density at radius 2 is 2.00 bits per heavy atom. The summed E-state index contributed by atoms with van der Waals surface area (Å²) in [5, 5.41) is 3.42. The molecule has 2 nitrogen and oxygen atoms in total. The number of nitrogens with zero attached hydrogens (tertiary/aromatic N) is 1. The lowest BCUT2D eigenvalue weighted by Crippen LogP contribution is -2.45. The van der Waals surface area contributed by atoms with E-state index in [0.29, 0.717) is 6.04 Å². The topological polar surface area (TPSA) is 15.3 Å². The first-order valence-electron chi connectivity index (χ1n) is 6.95. The van der Waals surface area contributed by atoms with Gasteiger partial charge >= 0.3 is 0 Å². The fourth-order valence-electron chi connectivity index (χ4n) is 2.81. The smallest absolute Gasteiger partial charge is 0.0363 e. The molecule has 2 rings (SSSR count). The Kier molecular flexibility index (Phi) is 5.48. The summed E-state index contributed by atoms with van der Waals surface area (Å²) in [5.41, 5.74) is 2.94. The molecule has 1 aromatic rings. The molecule has 1 atom stereocenters. The number of alkyl halides is 1. The number of benzene rings is 1. The second-order valence-corrected chi connectivity index (χ2v) is 5.21. The van der Waals surface area contributed by atoms with E-state index >= 15 is 0 Å². The van der Waals surface area contributed by atoms with Crippen LogP contribution in [0.3, 0.4) is 0 Å². The molecule has 0 aliphatic carbocycles. The molecular formula is C15H23ClN2. The molecule has 18 heavy (non-hydrogen) atoms. The Hall–Kier alpha value is -0.570. The maximum Gasteiger partial charge on any atom is 0.0363 e. The van der Waals surface area contributed by atoms with E-state index in [1.807, 2.05) is 0 Å². The molecule has 0 radical (unpaired) electrons. The van der Waals surface area contributed by atoms with Crippen LogP contribution in [0.1, 0.15) is 30.5 Å². The van der Waals surface area contributed by atoms with Gasteiger partial charge in [-0.25, -0.2) is 0 Å². The van der Waals surface area contributed by atoms with Crippen LogP contribution in [0.25, 0.3) is 0 Å². The molecule has 0 spiro atoms. The summed E-state index contributed by atoms with van der Waals surface area (Å²) in [4.78, 5) is 2.58. The summed E-state index contributed by atoms with van der Waals surface area (Å²) in [6, 6.07) is 9.30. The van der Waals surface area contributed by atoms with Gasteiger partial charge in [0.05, 0.1) is 0 Å². The van der Waals surface area contributed by atoms with Crippen molar-refractivity contribution in [3.8, 4) is 0 Å². The number of aryl methyl sites for hydroxylation is 1. The molecule has 1 N–H and O–H groups in total. The number of nitrogens with one attached hydrogen (secondary N) is 1. The molecule has 1 aliphatic rings. The fraction of sp³-hybridized carbons (Fsp3) is 0.600. The number of piperazine rings is 1. The van der Waals surface area contributed by atoms with Crippen molar-refractivity contribution in [2.24, 2.45) is 0 Å². The predicted molar refractivity (Wildman–Crippen MR) is 78.3 cm³/mol. The number of hydrogen-bond donors (Lipinski definition) is 1. The van der Waals surface area contributed by atoms with Crippen LogP contribution in [0.15, 0.2) is 24.3 Å². The Labute approximate surface area is 115 Å². The number of hydrogen-bond acceptors (Lipinski definition) is 2. The normalized spacial score (nSPS) is 18.8. The van der Waals surface area contributed by atoms with Gasteiger partial charge in [-0.15, -0.1) is 11.6 Å². The van der Waals surface area contributed by atoms with E-state index in [-0.39, 0.29) is 0 Å². The van der Waals surface area contributed by atoms with Crippen LogP contribution in [0.4, 0.5) is 0 Å². The molecule has 1 heterocycles. The monoisotopic (exact) mass is 266 g/mol. The molecule has 3 heteroatoms. The van der Waals surface area contributed by atoms with Gasteiger partial charge in [-0.1, -0.05) is 31.2 Å². The lowest BCUT2D eigenvalue weighted by Gasteiger charge is -2.36. The first-order chi connectivity index (χ1) is 8.86. The van der Waals surface area contributed by atoms with Crippen LogP contribution in [0.5, 0.6) is 0 Å². The third kappa shape index (κ3) is 3.25. The molecule has 1 unspecified atom stereocenters. The van der Waals surface area contributed by atoms with Crippen LogP contribution >= 0.6 is 11.6 Å². The summed E-state index contributed by atoms with van der Waals surface area (Å²) in [6.45, 7) is 6.66. The van der Waals surface area contributed by atoms with Crippen LogP contribution < -0.4 is 5.32 Å². The van der Waals surface area contributed by atoms with Gasteiger partial charge in [0, 0.05) is 38.1 Å². The SMILES string of the molecule is CCc1ccccc1C(CCCl)N1CCNCC1. The summed E-state index contributed by atoms with van der Waals surface area (Å²) in [5.74, 6) is 0.729. The van der Waals surface area contributed by atoms with Crippen molar-refractivity contribution in [1.82, 2.24) is 10.2 Å². The summed E-state index contributed by atoms with van der Waals surface area (Å²) < 4.78 is 0. The van der Waals surface area contributed by atoms with Gasteiger partial charge in [-0.3, -0.25) is 4.90 Å². The maximum absolute atomic E-state index is 6.02. The molecule has 0 amide bonds. The van der Waals surface area contributed by atoms with Crippen LogP contribution in [0, 0.1) is 0 Å². The first-order valence-corrected chi connectivity index (χ1v) is 7.48. The van der Waals surface area contributed by atoms with Gasteiger partial charge in [0.1, 0.15) is 0 Å². The van der Waals surface area contributed by atoms with Crippen molar-refractivity contribution in [3.05, 3.63) is 35.4 Å². The number of rotatable bonds is 5. The van der Waals surface area contributed by atoms with Crippen molar-refractivity contribution >= 4 is 11.6 Å². The van der Waals surface area contributed by atoms with Gasteiger partial charge < -0.3 is 5.32 Å². The van der Waals surface area contributed by atoms with Crippen molar-refractivity contribution in [2.75, 3.05) is 32.1 Å². The van der Waals surface area contributed by atoms with Crippen LogP contribution in [-0.4, -0.2) is 37.0 Å². The molecule has 1 fully saturated rings. The lowest BCUT2D eigenvalue weighted by atomic mass is 9.95. The summed E-state index contributed by atoms with van der Waals surface area (Å²) >= 11 is 6.02. The quantitative estimate of drug-likeness (QED) is 0.825. The lowest BCUT2D eigenvalue weighted by molar-refractivity contribution is 0.169. The van der Waals surface area contributed by atoms with E-state index in [1.165, 1.54) is 11.1 Å². The van der Waals surface area contributed by atoms with Crippen molar-refractivity contribution in [1.29, 1.82) is 0 Å². The zero-order chi connectivity index (χ0) is 12.8. The molecule has 1 saturated heterocycles. The van der Waals surface area contributed by atoms with Gasteiger partial charge in [0.25, 0.3) is 0 Å². The number of halogens is 1. The Morgan fingerprint density at radius 3 is 2.67 bits per heavy atom. The molecule has 0 saturated carbocycles. The highest BCUT2D eigenvalue weighted by Crippen LogP contribution is 2.28. The zero-order valence-electron chi connectivity index (χ0n) is 11.2. The molecule has 0 bridgehead atoms. The first kappa shape index (κ1) is 13.9. The standard InChI is InChI=1S/C15H23ClN2/c1-2-13-5-3-4-6-14(13)15(7-8-16)18-11-9-17-10-12-18/h3-6,15,17H,2,7-12H2,1H3. The van der Waals surface area contributed by atoms with Gasteiger partial charge in [0.2, 0.25) is 0 Å². The highest BCUT2D eigenvalue weighted by atomic mass is 35.5. The Bertz CT molecular complexity index is 361. The van der Waals surface area contributed by atoms with E-state index in [9.17, 15) is 0 Å². The van der Waals surface area contributed by atoms with Crippen molar-refractivity contribution in [2.45, 2.75) is 25.8 Å². The van der Waals surface area contributed by atoms with E-state index in [0.717, 1.165) is 44.9 Å². The fourth-order valence-corrected chi connectivity index (χ4v) is 3.02. The van der Waals surface area contributed by atoms with E-state index in [2.05, 4.69) is 41.4 Å². The second-order valence-electron chi connectivity index (χ2n) is 4.83. The molecule has 1 aromatic carbocycles. The van der Waals surface area contributed by atoms with Crippen molar-refractivity contribution in [3.63, 3.8) is 0 Å². The maximum atomic E-state index is 6.02. The van der Waals surface area contributed by atoms with E-state index < -0.39 is 0 Å². The van der Waals surface area contributed by atoms with Crippen molar-refractivity contribution < 1.29 is 0 Å². The largest absolute Gasteiger partial charge is 0.314 e. The molecular weight excluding hydrogens is 244 g/mol. The van der Waals surface area contributed by atoms with Crippen LogP contribution in [-0.2, 0) is 6.42 Å². The minimum atomic E-state index is 0.487. The summed E-state index contributed by atoms with van der Waals surface area (Å²) in [6.07, 6.45) is 2.14. The third-order valence-corrected chi connectivity index (χ3v) is 3.99.